The summed E-state index contributed by atoms with van der Waals surface area (Å²) in [5.74, 6) is 0. The van der Waals surface area contributed by atoms with Crippen molar-refractivity contribution >= 4 is 6.03 Å². The van der Waals surface area contributed by atoms with Gasteiger partial charge in [0, 0.05) is 13.1 Å². The third-order valence-corrected chi connectivity index (χ3v) is 3.26. The number of urea groups is 1. The normalized spacial score (nSPS) is 26.4. The molecule has 2 fully saturated rings. The molecule has 14 heavy (non-hydrogen) atoms. The second-order valence-electron chi connectivity index (χ2n) is 4.36. The predicted molar refractivity (Wildman–Crippen MR) is 54.7 cm³/mol. The molecule has 1 saturated heterocycles. The van der Waals surface area contributed by atoms with E-state index >= 15 is 0 Å². The van der Waals surface area contributed by atoms with Crippen LogP contribution in [0, 0.1) is 0 Å². The quantitative estimate of drug-likeness (QED) is 0.685. The van der Waals surface area contributed by atoms with Crippen molar-refractivity contribution in [1.82, 2.24) is 15.1 Å². The molecule has 1 saturated carbocycles. The molecule has 1 aliphatic heterocycles. The van der Waals surface area contributed by atoms with Crippen LogP contribution in [0.3, 0.4) is 0 Å². The molecule has 0 aromatic heterocycles. The molecule has 2 amide bonds. The van der Waals surface area contributed by atoms with E-state index in [9.17, 15) is 4.79 Å². The van der Waals surface area contributed by atoms with E-state index < -0.39 is 0 Å². The SMILES string of the molecule is CN1CN(C2CCCCC2)CNC1=O. The molecule has 1 N–H and O–H groups in total. The minimum absolute atomic E-state index is 0.0528. The highest BCUT2D eigenvalue weighted by Gasteiger charge is 2.26. The number of nitrogens with zero attached hydrogens (tertiary/aromatic N) is 2. The highest BCUT2D eigenvalue weighted by Crippen LogP contribution is 2.22. The summed E-state index contributed by atoms with van der Waals surface area (Å²) in [5.41, 5.74) is 0. The maximum Gasteiger partial charge on any atom is 0.319 e. The molecule has 2 rings (SSSR count). The minimum atomic E-state index is 0.0528. The van der Waals surface area contributed by atoms with Gasteiger partial charge in [0.1, 0.15) is 0 Å². The van der Waals surface area contributed by atoms with Crippen molar-refractivity contribution < 1.29 is 4.79 Å². The lowest BCUT2D eigenvalue weighted by atomic mass is 9.94. The molecule has 2 aliphatic rings. The highest BCUT2D eigenvalue weighted by atomic mass is 16.2. The molecule has 4 nitrogen and oxygen atoms in total. The van der Waals surface area contributed by atoms with Crippen molar-refractivity contribution in [3.63, 3.8) is 0 Å². The van der Waals surface area contributed by atoms with Crippen LogP contribution in [-0.4, -0.2) is 42.3 Å². The van der Waals surface area contributed by atoms with Gasteiger partial charge in [-0.25, -0.2) is 4.79 Å². The molecule has 0 unspecified atom stereocenters. The van der Waals surface area contributed by atoms with E-state index in [1.165, 1.54) is 32.1 Å². The zero-order chi connectivity index (χ0) is 9.97. The molecule has 0 atom stereocenters. The summed E-state index contributed by atoms with van der Waals surface area (Å²) in [6.07, 6.45) is 6.66. The van der Waals surface area contributed by atoms with E-state index in [1.807, 2.05) is 7.05 Å². The molecule has 0 radical (unpaired) electrons. The number of rotatable bonds is 1. The van der Waals surface area contributed by atoms with E-state index in [2.05, 4.69) is 10.2 Å². The number of nitrogens with one attached hydrogen (secondary N) is 1. The van der Waals surface area contributed by atoms with Gasteiger partial charge in [-0.05, 0) is 12.8 Å². The standard InChI is InChI=1S/C10H19N3O/c1-12-8-13(7-11-10(12)14)9-5-3-2-4-6-9/h9H,2-8H2,1H3,(H,11,14). The van der Waals surface area contributed by atoms with Crippen molar-refractivity contribution in [3.8, 4) is 0 Å². The van der Waals surface area contributed by atoms with Gasteiger partial charge in [0.05, 0.1) is 13.3 Å². The zero-order valence-electron chi connectivity index (χ0n) is 8.83. The number of amides is 2. The summed E-state index contributed by atoms with van der Waals surface area (Å²) in [6.45, 7) is 1.52. The molecule has 0 spiro atoms. The van der Waals surface area contributed by atoms with Crippen LogP contribution in [0.2, 0.25) is 0 Å². The van der Waals surface area contributed by atoms with Gasteiger partial charge in [0.25, 0.3) is 0 Å². The third kappa shape index (κ3) is 2.00. The zero-order valence-corrected chi connectivity index (χ0v) is 8.83. The molecule has 0 bridgehead atoms. The lowest BCUT2D eigenvalue weighted by Gasteiger charge is -2.40. The average molecular weight is 197 g/mol. The van der Waals surface area contributed by atoms with Crippen LogP contribution in [0.25, 0.3) is 0 Å². The van der Waals surface area contributed by atoms with Crippen molar-refractivity contribution in [2.45, 2.75) is 38.1 Å². The van der Waals surface area contributed by atoms with Crippen LogP contribution in [0.5, 0.6) is 0 Å². The molecule has 80 valence electrons. The Morgan fingerprint density at radius 1 is 1.29 bits per heavy atom. The smallest absolute Gasteiger partial charge is 0.319 e. The Bertz CT molecular complexity index is 213. The first-order valence-electron chi connectivity index (χ1n) is 5.50. The first-order chi connectivity index (χ1) is 6.77. The van der Waals surface area contributed by atoms with E-state index in [-0.39, 0.29) is 6.03 Å². The monoisotopic (exact) mass is 197 g/mol. The van der Waals surface area contributed by atoms with Crippen molar-refractivity contribution in [2.75, 3.05) is 20.4 Å². The summed E-state index contributed by atoms with van der Waals surface area (Å²) < 4.78 is 0. The van der Waals surface area contributed by atoms with Crippen LogP contribution in [-0.2, 0) is 0 Å². The van der Waals surface area contributed by atoms with Gasteiger partial charge in [-0.3, -0.25) is 4.90 Å². The van der Waals surface area contributed by atoms with Gasteiger partial charge in [0.2, 0.25) is 0 Å². The minimum Gasteiger partial charge on any atom is -0.325 e. The van der Waals surface area contributed by atoms with E-state index in [0.29, 0.717) is 6.04 Å². The van der Waals surface area contributed by atoms with E-state index in [4.69, 9.17) is 0 Å². The van der Waals surface area contributed by atoms with Gasteiger partial charge in [-0.2, -0.15) is 0 Å². The topological polar surface area (TPSA) is 35.6 Å². The lowest BCUT2D eigenvalue weighted by molar-refractivity contribution is 0.0659. The fourth-order valence-electron chi connectivity index (χ4n) is 2.38. The molecule has 4 heteroatoms. The van der Waals surface area contributed by atoms with Crippen LogP contribution < -0.4 is 5.32 Å². The van der Waals surface area contributed by atoms with Crippen LogP contribution in [0.4, 0.5) is 4.79 Å². The third-order valence-electron chi connectivity index (χ3n) is 3.26. The Morgan fingerprint density at radius 3 is 2.64 bits per heavy atom. The van der Waals surface area contributed by atoms with Crippen LogP contribution >= 0.6 is 0 Å². The van der Waals surface area contributed by atoms with Crippen molar-refractivity contribution in [2.24, 2.45) is 0 Å². The Kier molecular flexibility index (Phi) is 2.91. The summed E-state index contributed by atoms with van der Waals surface area (Å²) in [7, 11) is 1.85. The maximum atomic E-state index is 11.2. The van der Waals surface area contributed by atoms with Gasteiger partial charge < -0.3 is 10.2 Å². The van der Waals surface area contributed by atoms with Crippen LogP contribution in [0.1, 0.15) is 32.1 Å². The predicted octanol–water partition coefficient (Wildman–Crippen LogP) is 1.19. The lowest BCUT2D eigenvalue weighted by Crippen LogP contribution is -2.57. The first-order valence-corrected chi connectivity index (χ1v) is 5.50. The summed E-state index contributed by atoms with van der Waals surface area (Å²) in [6, 6.07) is 0.740. The summed E-state index contributed by atoms with van der Waals surface area (Å²) in [5, 5.41) is 2.89. The van der Waals surface area contributed by atoms with Gasteiger partial charge in [-0.15, -0.1) is 0 Å². The second-order valence-corrected chi connectivity index (χ2v) is 4.36. The molecule has 1 aliphatic carbocycles. The second kappa shape index (κ2) is 4.17. The van der Waals surface area contributed by atoms with Crippen LogP contribution in [0.15, 0.2) is 0 Å². The number of hydrogen-bond donors (Lipinski definition) is 1. The number of hydrogen-bond acceptors (Lipinski definition) is 2. The van der Waals surface area contributed by atoms with Crippen molar-refractivity contribution in [3.05, 3.63) is 0 Å². The Morgan fingerprint density at radius 2 is 2.00 bits per heavy atom. The highest BCUT2D eigenvalue weighted by molar-refractivity contribution is 5.74. The fourth-order valence-corrected chi connectivity index (χ4v) is 2.38. The molecule has 0 aromatic rings. The largest absolute Gasteiger partial charge is 0.325 e. The van der Waals surface area contributed by atoms with Gasteiger partial charge >= 0.3 is 6.03 Å². The molecular weight excluding hydrogens is 178 g/mol. The fraction of sp³-hybridized carbons (Fsp3) is 0.900. The summed E-state index contributed by atoms with van der Waals surface area (Å²) in [4.78, 5) is 15.3. The molecule has 0 aromatic carbocycles. The van der Waals surface area contributed by atoms with Gasteiger partial charge in [-0.1, -0.05) is 19.3 Å². The Labute approximate surface area is 85.2 Å². The van der Waals surface area contributed by atoms with Crippen molar-refractivity contribution in [1.29, 1.82) is 0 Å². The van der Waals surface area contributed by atoms with Gasteiger partial charge in [0.15, 0.2) is 0 Å². The maximum absolute atomic E-state index is 11.2. The van der Waals surface area contributed by atoms with E-state index in [0.717, 1.165) is 13.3 Å². The average Bonchev–Trinajstić information content (AvgIpc) is 2.23. The first kappa shape index (κ1) is 9.77. The Balaban J connectivity index is 1.88. The summed E-state index contributed by atoms with van der Waals surface area (Å²) >= 11 is 0. The molecular formula is C10H19N3O. The Hall–Kier alpha value is -0.770. The number of carbonyl (C=O) groups excluding carboxylic acids is 1. The molecule has 1 heterocycles. The number of carbonyl (C=O) groups is 1. The van der Waals surface area contributed by atoms with E-state index in [1.54, 1.807) is 4.90 Å².